The fraction of sp³-hybridized carbons (Fsp3) is 0.667. The van der Waals surface area contributed by atoms with Crippen LogP contribution in [0.2, 0.25) is 0 Å². The first kappa shape index (κ1) is 15.7. The van der Waals surface area contributed by atoms with Crippen molar-refractivity contribution in [2.75, 3.05) is 26.2 Å². The molecule has 4 rings (SSSR count). The van der Waals surface area contributed by atoms with Crippen molar-refractivity contribution < 1.29 is 14.3 Å². The maximum absolute atomic E-state index is 12.4. The Bertz CT molecular complexity index is 644. The van der Waals surface area contributed by atoms with Crippen LogP contribution in [0.25, 0.3) is 0 Å². The van der Waals surface area contributed by atoms with Crippen molar-refractivity contribution in [2.45, 2.75) is 31.3 Å². The highest BCUT2D eigenvalue weighted by molar-refractivity contribution is 5.93. The van der Waals surface area contributed by atoms with Crippen LogP contribution >= 0.6 is 0 Å². The molecule has 1 N–H and O–H groups in total. The average molecular weight is 331 g/mol. The van der Waals surface area contributed by atoms with Gasteiger partial charge in [-0.05, 0) is 43.2 Å². The maximum atomic E-state index is 12.4. The molecule has 0 radical (unpaired) electrons. The molecule has 0 bridgehead atoms. The van der Waals surface area contributed by atoms with Crippen LogP contribution in [0.5, 0.6) is 0 Å². The zero-order chi connectivity index (χ0) is 16.7. The van der Waals surface area contributed by atoms with Crippen LogP contribution < -0.4 is 5.32 Å². The van der Waals surface area contributed by atoms with E-state index in [4.69, 9.17) is 4.74 Å². The van der Waals surface area contributed by atoms with E-state index in [9.17, 15) is 9.59 Å². The summed E-state index contributed by atoms with van der Waals surface area (Å²) in [5.41, 5.74) is 0.487. The largest absolute Gasteiger partial charge is 0.371 e. The van der Waals surface area contributed by atoms with E-state index < -0.39 is 0 Å². The number of hydrogen-bond acceptors (Lipinski definition) is 3. The van der Waals surface area contributed by atoms with E-state index in [1.165, 1.54) is 12.8 Å². The first-order chi connectivity index (χ1) is 11.5. The van der Waals surface area contributed by atoms with Gasteiger partial charge in [-0.25, -0.2) is 0 Å². The van der Waals surface area contributed by atoms with Crippen LogP contribution in [0.3, 0.4) is 0 Å². The molecule has 2 amide bonds. The van der Waals surface area contributed by atoms with E-state index in [1.807, 2.05) is 34.8 Å². The number of nitrogens with zero attached hydrogens (tertiary/aromatic N) is 2. The second-order valence-corrected chi connectivity index (χ2v) is 7.68. The summed E-state index contributed by atoms with van der Waals surface area (Å²) in [6, 6.07) is 3.72. The number of aryl methyl sites for hydroxylation is 1. The number of ether oxygens (including phenoxy) is 1. The normalized spacial score (nSPS) is 24.9. The lowest BCUT2D eigenvalue weighted by Gasteiger charge is -2.47. The van der Waals surface area contributed by atoms with Crippen molar-refractivity contribution in [3.63, 3.8) is 0 Å². The molecule has 3 heterocycles. The summed E-state index contributed by atoms with van der Waals surface area (Å²) in [5.74, 6) is 1.19. The third-order valence-electron chi connectivity index (χ3n) is 5.45. The molecule has 0 aromatic carbocycles. The minimum absolute atomic E-state index is 0.0577. The van der Waals surface area contributed by atoms with Gasteiger partial charge < -0.3 is 19.5 Å². The number of aromatic nitrogens is 1. The van der Waals surface area contributed by atoms with Crippen LogP contribution in [-0.4, -0.2) is 53.1 Å². The van der Waals surface area contributed by atoms with Crippen molar-refractivity contribution in [3.05, 3.63) is 24.0 Å². The molecule has 1 aromatic rings. The molecule has 3 aliphatic rings. The summed E-state index contributed by atoms with van der Waals surface area (Å²) in [4.78, 5) is 26.3. The number of likely N-dealkylation sites (tertiary alicyclic amines) is 1. The van der Waals surface area contributed by atoms with E-state index in [1.54, 1.807) is 0 Å². The van der Waals surface area contributed by atoms with E-state index in [0.717, 1.165) is 13.0 Å². The number of nitrogens with one attached hydrogen (secondary N) is 1. The maximum Gasteiger partial charge on any atom is 0.270 e. The van der Waals surface area contributed by atoms with Gasteiger partial charge in [-0.1, -0.05) is 0 Å². The van der Waals surface area contributed by atoms with Crippen LogP contribution in [0.1, 0.15) is 36.2 Å². The molecule has 2 saturated heterocycles. The highest BCUT2D eigenvalue weighted by Crippen LogP contribution is 2.39. The molecule has 24 heavy (non-hydrogen) atoms. The SMILES string of the molecule is Cn1cccc1C(=O)N1CC2(CC(CC(=O)NCC3CC3)CO2)C1. The van der Waals surface area contributed by atoms with Gasteiger partial charge in [-0.2, -0.15) is 0 Å². The molecule has 2 aliphatic heterocycles. The number of amides is 2. The summed E-state index contributed by atoms with van der Waals surface area (Å²) < 4.78 is 7.82. The highest BCUT2D eigenvalue weighted by Gasteiger charge is 2.51. The zero-order valence-corrected chi connectivity index (χ0v) is 14.2. The molecule has 1 atom stereocenters. The molecule has 1 aromatic heterocycles. The van der Waals surface area contributed by atoms with Crippen molar-refractivity contribution >= 4 is 11.8 Å². The van der Waals surface area contributed by atoms with Gasteiger partial charge in [-0.3, -0.25) is 9.59 Å². The molecule has 130 valence electrons. The summed E-state index contributed by atoms with van der Waals surface area (Å²) in [5, 5.41) is 3.02. The molecule has 1 aliphatic carbocycles. The molecular weight excluding hydrogens is 306 g/mol. The van der Waals surface area contributed by atoms with Gasteiger partial charge >= 0.3 is 0 Å². The van der Waals surface area contributed by atoms with Gasteiger partial charge in [0.2, 0.25) is 5.91 Å². The molecule has 1 saturated carbocycles. The smallest absolute Gasteiger partial charge is 0.270 e. The topological polar surface area (TPSA) is 63.6 Å². The van der Waals surface area contributed by atoms with Crippen molar-refractivity contribution in [3.8, 4) is 0 Å². The Morgan fingerprint density at radius 2 is 2.12 bits per heavy atom. The highest BCUT2D eigenvalue weighted by atomic mass is 16.5. The van der Waals surface area contributed by atoms with Crippen LogP contribution in [-0.2, 0) is 16.6 Å². The molecule has 6 heteroatoms. The van der Waals surface area contributed by atoms with E-state index in [2.05, 4.69) is 5.32 Å². The predicted octanol–water partition coefficient (Wildman–Crippen LogP) is 1.17. The number of carbonyl (C=O) groups excluding carboxylic acids is 2. The Balaban J connectivity index is 1.24. The van der Waals surface area contributed by atoms with Crippen molar-refractivity contribution in [1.29, 1.82) is 0 Å². The predicted molar refractivity (Wildman–Crippen MR) is 88.5 cm³/mol. The second-order valence-electron chi connectivity index (χ2n) is 7.68. The van der Waals surface area contributed by atoms with Crippen molar-refractivity contribution in [2.24, 2.45) is 18.9 Å². The Morgan fingerprint density at radius 1 is 1.33 bits per heavy atom. The van der Waals surface area contributed by atoms with Gasteiger partial charge in [0, 0.05) is 26.2 Å². The number of carbonyl (C=O) groups is 2. The molecule has 1 unspecified atom stereocenters. The van der Waals surface area contributed by atoms with Gasteiger partial charge in [-0.15, -0.1) is 0 Å². The summed E-state index contributed by atoms with van der Waals surface area (Å²) >= 11 is 0. The quantitative estimate of drug-likeness (QED) is 0.881. The summed E-state index contributed by atoms with van der Waals surface area (Å²) in [6.45, 7) is 2.73. The van der Waals surface area contributed by atoms with E-state index in [-0.39, 0.29) is 23.3 Å². The van der Waals surface area contributed by atoms with Crippen LogP contribution in [0.4, 0.5) is 0 Å². The fourth-order valence-corrected chi connectivity index (χ4v) is 3.84. The monoisotopic (exact) mass is 331 g/mol. The molecule has 1 spiro atoms. The Labute approximate surface area is 142 Å². The van der Waals surface area contributed by atoms with Gasteiger partial charge in [0.1, 0.15) is 11.3 Å². The van der Waals surface area contributed by atoms with Gasteiger partial charge in [0.25, 0.3) is 5.91 Å². The Kier molecular flexibility index (Phi) is 3.87. The zero-order valence-electron chi connectivity index (χ0n) is 14.2. The lowest BCUT2D eigenvalue weighted by atomic mass is 9.85. The lowest BCUT2D eigenvalue weighted by molar-refractivity contribution is -0.122. The van der Waals surface area contributed by atoms with Gasteiger partial charge in [0.05, 0.1) is 19.7 Å². The average Bonchev–Trinajstić information content (AvgIpc) is 3.11. The summed E-state index contributed by atoms with van der Waals surface area (Å²) in [6.07, 6.45) is 5.80. The third kappa shape index (κ3) is 3.07. The minimum Gasteiger partial charge on any atom is -0.371 e. The fourth-order valence-electron chi connectivity index (χ4n) is 3.84. The Hall–Kier alpha value is -1.82. The van der Waals surface area contributed by atoms with Crippen LogP contribution in [0, 0.1) is 11.8 Å². The summed E-state index contributed by atoms with van der Waals surface area (Å²) in [7, 11) is 1.88. The standard InChI is InChI=1S/C18H25N3O3/c1-20-6-2-3-15(20)17(23)21-11-18(12-21)8-14(10-24-18)7-16(22)19-9-13-4-5-13/h2-3,6,13-14H,4-5,7-12H2,1H3,(H,19,22). The molecular formula is C18H25N3O3. The van der Waals surface area contributed by atoms with Crippen LogP contribution in [0.15, 0.2) is 18.3 Å². The number of hydrogen-bond donors (Lipinski definition) is 1. The second kappa shape index (κ2) is 5.92. The first-order valence-electron chi connectivity index (χ1n) is 8.86. The third-order valence-corrected chi connectivity index (χ3v) is 5.45. The van der Waals surface area contributed by atoms with Gasteiger partial charge in [0.15, 0.2) is 0 Å². The molecule has 3 fully saturated rings. The Morgan fingerprint density at radius 3 is 2.79 bits per heavy atom. The molecule has 6 nitrogen and oxygen atoms in total. The minimum atomic E-state index is -0.220. The van der Waals surface area contributed by atoms with E-state index in [0.29, 0.717) is 37.7 Å². The number of rotatable bonds is 5. The lowest BCUT2D eigenvalue weighted by Crippen LogP contribution is -2.63. The van der Waals surface area contributed by atoms with E-state index >= 15 is 0 Å². The van der Waals surface area contributed by atoms with Crippen molar-refractivity contribution in [1.82, 2.24) is 14.8 Å². The first-order valence-corrected chi connectivity index (χ1v) is 8.86.